The van der Waals surface area contributed by atoms with Crippen molar-refractivity contribution >= 4 is 0 Å². The predicted molar refractivity (Wildman–Crippen MR) is 75.1 cm³/mol. The van der Waals surface area contributed by atoms with Gasteiger partial charge in [-0.3, -0.25) is 0 Å². The molecule has 0 spiro atoms. The summed E-state index contributed by atoms with van der Waals surface area (Å²) < 4.78 is 5.78. The van der Waals surface area contributed by atoms with Gasteiger partial charge in [-0.25, -0.2) is 0 Å². The van der Waals surface area contributed by atoms with Gasteiger partial charge in [0.05, 0.1) is 5.60 Å². The molecule has 1 rings (SSSR count). The monoisotopic (exact) mass is 251 g/mol. The molecule has 0 aliphatic carbocycles. The number of aliphatic hydroxyl groups is 1. The quantitative estimate of drug-likeness (QED) is 0.817. The molecule has 1 aromatic carbocycles. The van der Waals surface area contributed by atoms with Crippen LogP contribution >= 0.6 is 0 Å². The third-order valence-corrected chi connectivity index (χ3v) is 3.37. The highest BCUT2D eigenvalue weighted by Gasteiger charge is 2.20. The van der Waals surface area contributed by atoms with Gasteiger partial charge in [-0.15, -0.1) is 0 Å². The van der Waals surface area contributed by atoms with Crippen LogP contribution in [0.5, 0.6) is 5.75 Å². The Labute approximate surface area is 110 Å². The van der Waals surface area contributed by atoms with Crippen LogP contribution < -0.4 is 10.1 Å². The number of benzene rings is 1. The molecule has 3 heteroatoms. The molecule has 0 amide bonds. The van der Waals surface area contributed by atoms with E-state index in [9.17, 15) is 5.11 Å². The first-order valence-corrected chi connectivity index (χ1v) is 6.52. The molecule has 1 aromatic rings. The Kier molecular flexibility index (Phi) is 5.17. The maximum Gasteiger partial charge on any atom is 0.124 e. The van der Waals surface area contributed by atoms with Gasteiger partial charge in [0.15, 0.2) is 0 Å². The van der Waals surface area contributed by atoms with Crippen molar-refractivity contribution in [3.8, 4) is 5.75 Å². The largest absolute Gasteiger partial charge is 0.490 e. The highest BCUT2D eigenvalue weighted by atomic mass is 16.5. The molecule has 0 bridgehead atoms. The zero-order chi connectivity index (χ0) is 13.8. The topological polar surface area (TPSA) is 41.5 Å². The molecule has 2 atom stereocenters. The van der Waals surface area contributed by atoms with E-state index < -0.39 is 5.60 Å². The fraction of sp³-hybridized carbons (Fsp3) is 0.600. The Morgan fingerprint density at radius 2 is 2.11 bits per heavy atom. The lowest BCUT2D eigenvalue weighted by Gasteiger charge is -2.24. The summed E-state index contributed by atoms with van der Waals surface area (Å²) in [6.45, 7) is 8.23. The minimum absolute atomic E-state index is 0.228. The van der Waals surface area contributed by atoms with Crippen LogP contribution in [0.2, 0.25) is 0 Å². The van der Waals surface area contributed by atoms with Crippen molar-refractivity contribution in [3.63, 3.8) is 0 Å². The Balaban J connectivity index is 2.88. The fourth-order valence-corrected chi connectivity index (χ4v) is 1.63. The number of nitrogens with one attached hydrogen (secondary N) is 1. The second kappa shape index (κ2) is 6.21. The average Bonchev–Trinajstić information content (AvgIpc) is 2.36. The van der Waals surface area contributed by atoms with Crippen LogP contribution in [0.15, 0.2) is 18.2 Å². The molecule has 18 heavy (non-hydrogen) atoms. The molecule has 0 saturated heterocycles. The summed E-state index contributed by atoms with van der Waals surface area (Å²) in [7, 11) is 1.93. The van der Waals surface area contributed by atoms with Gasteiger partial charge in [0.2, 0.25) is 0 Å². The first kappa shape index (κ1) is 15.0. The Morgan fingerprint density at radius 1 is 1.44 bits per heavy atom. The van der Waals surface area contributed by atoms with E-state index in [0.717, 1.165) is 11.3 Å². The first-order chi connectivity index (χ1) is 8.39. The first-order valence-electron chi connectivity index (χ1n) is 6.52. The molecule has 0 aliphatic rings. The van der Waals surface area contributed by atoms with E-state index >= 15 is 0 Å². The smallest absolute Gasteiger partial charge is 0.124 e. The van der Waals surface area contributed by atoms with Crippen molar-refractivity contribution < 1.29 is 9.84 Å². The van der Waals surface area contributed by atoms with Gasteiger partial charge in [-0.05, 0) is 40.3 Å². The van der Waals surface area contributed by atoms with Crippen molar-refractivity contribution in [2.24, 2.45) is 0 Å². The summed E-state index contributed by atoms with van der Waals surface area (Å²) in [5.41, 5.74) is 1.57. The normalized spacial score (nSPS) is 16.1. The molecular formula is C15H25NO2. The molecule has 0 aromatic heterocycles. The van der Waals surface area contributed by atoms with Crippen molar-refractivity contribution in [1.29, 1.82) is 0 Å². The van der Waals surface area contributed by atoms with E-state index in [1.54, 1.807) is 6.92 Å². The summed E-state index contributed by atoms with van der Waals surface area (Å²) in [4.78, 5) is 0. The molecule has 0 aliphatic heterocycles. The van der Waals surface area contributed by atoms with Gasteiger partial charge in [-0.1, -0.05) is 24.6 Å². The van der Waals surface area contributed by atoms with Gasteiger partial charge in [0.25, 0.3) is 0 Å². The lowest BCUT2D eigenvalue weighted by atomic mass is 10.0. The number of aryl methyl sites for hydroxylation is 1. The molecule has 0 fully saturated rings. The number of rotatable bonds is 6. The molecule has 0 saturated carbocycles. The molecule has 2 unspecified atom stereocenters. The Bertz CT molecular complexity index is 388. The van der Waals surface area contributed by atoms with E-state index in [1.165, 1.54) is 5.56 Å². The maximum atomic E-state index is 9.99. The van der Waals surface area contributed by atoms with E-state index in [4.69, 9.17) is 4.74 Å². The summed E-state index contributed by atoms with van der Waals surface area (Å²) in [6, 6.07) is 6.36. The lowest BCUT2D eigenvalue weighted by Crippen LogP contribution is -2.31. The van der Waals surface area contributed by atoms with Crippen LogP contribution in [0.25, 0.3) is 0 Å². The third-order valence-electron chi connectivity index (χ3n) is 3.37. The van der Waals surface area contributed by atoms with E-state index in [2.05, 4.69) is 25.2 Å². The van der Waals surface area contributed by atoms with Gasteiger partial charge in [0.1, 0.15) is 12.4 Å². The highest BCUT2D eigenvalue weighted by molar-refractivity contribution is 5.39. The van der Waals surface area contributed by atoms with Crippen LogP contribution in [0.3, 0.4) is 0 Å². The second-order valence-electron chi connectivity index (χ2n) is 5.19. The van der Waals surface area contributed by atoms with Crippen LogP contribution in [0.4, 0.5) is 0 Å². The van der Waals surface area contributed by atoms with Crippen LogP contribution in [-0.4, -0.2) is 24.4 Å². The van der Waals surface area contributed by atoms with E-state index in [-0.39, 0.29) is 6.04 Å². The zero-order valence-electron chi connectivity index (χ0n) is 12.1. The van der Waals surface area contributed by atoms with Crippen LogP contribution in [-0.2, 0) is 0 Å². The van der Waals surface area contributed by atoms with Gasteiger partial charge in [0, 0.05) is 11.6 Å². The minimum Gasteiger partial charge on any atom is -0.490 e. The van der Waals surface area contributed by atoms with Gasteiger partial charge in [-0.2, -0.15) is 0 Å². The van der Waals surface area contributed by atoms with E-state index in [1.807, 2.05) is 26.1 Å². The van der Waals surface area contributed by atoms with Gasteiger partial charge >= 0.3 is 0 Å². The summed E-state index contributed by atoms with van der Waals surface area (Å²) in [5.74, 6) is 0.844. The SMILES string of the molecule is CCC(C)(O)COc1ccc(C)cc1C(C)NC. The van der Waals surface area contributed by atoms with Gasteiger partial charge < -0.3 is 15.2 Å². The standard InChI is InChI=1S/C15H25NO2/c1-6-15(4,17)10-18-14-8-7-11(2)9-13(14)12(3)16-5/h7-9,12,16-17H,6,10H2,1-5H3. The predicted octanol–water partition coefficient (Wildman–Crippen LogP) is 2.82. The number of hydrogen-bond donors (Lipinski definition) is 2. The van der Waals surface area contributed by atoms with Crippen LogP contribution in [0.1, 0.15) is 44.4 Å². The summed E-state index contributed by atoms with van der Waals surface area (Å²) in [5, 5.41) is 13.2. The lowest BCUT2D eigenvalue weighted by molar-refractivity contribution is 0.00806. The molecule has 102 valence electrons. The Hall–Kier alpha value is -1.06. The van der Waals surface area contributed by atoms with E-state index in [0.29, 0.717) is 13.0 Å². The second-order valence-corrected chi connectivity index (χ2v) is 5.19. The van der Waals surface area contributed by atoms with Crippen molar-refractivity contribution in [2.45, 2.75) is 45.8 Å². The van der Waals surface area contributed by atoms with Crippen molar-refractivity contribution in [1.82, 2.24) is 5.32 Å². The molecule has 2 N–H and O–H groups in total. The molecular weight excluding hydrogens is 226 g/mol. The molecule has 0 radical (unpaired) electrons. The Morgan fingerprint density at radius 3 is 2.67 bits per heavy atom. The number of hydrogen-bond acceptors (Lipinski definition) is 3. The van der Waals surface area contributed by atoms with Crippen molar-refractivity contribution in [2.75, 3.05) is 13.7 Å². The van der Waals surface area contributed by atoms with Crippen LogP contribution in [0, 0.1) is 6.92 Å². The molecule has 0 heterocycles. The van der Waals surface area contributed by atoms with Crippen molar-refractivity contribution in [3.05, 3.63) is 29.3 Å². The average molecular weight is 251 g/mol. The highest BCUT2D eigenvalue weighted by Crippen LogP contribution is 2.27. The summed E-state index contributed by atoms with van der Waals surface area (Å²) in [6.07, 6.45) is 0.676. The number of ether oxygens (including phenoxy) is 1. The summed E-state index contributed by atoms with van der Waals surface area (Å²) >= 11 is 0. The third kappa shape index (κ3) is 4.00. The minimum atomic E-state index is -0.773. The zero-order valence-corrected chi connectivity index (χ0v) is 12.1. The fourth-order valence-electron chi connectivity index (χ4n) is 1.63. The maximum absolute atomic E-state index is 9.99. The molecule has 3 nitrogen and oxygen atoms in total.